The molecule has 0 aromatic rings. The third-order valence-electron chi connectivity index (χ3n) is 18.0. The van der Waals surface area contributed by atoms with Gasteiger partial charge in [-0.25, -0.2) is 0 Å². The van der Waals surface area contributed by atoms with Crippen molar-refractivity contribution < 1.29 is 89.4 Å². The number of aliphatic hydroxyl groups excluding tert-OH is 11. The van der Waals surface area contributed by atoms with Crippen LogP contribution in [0.15, 0.2) is 60.8 Å². The van der Waals surface area contributed by atoms with Gasteiger partial charge in [-0.2, -0.15) is 0 Å². The van der Waals surface area contributed by atoms with Crippen molar-refractivity contribution in [1.29, 1.82) is 0 Å². The molecule has 3 fully saturated rings. The first-order valence-corrected chi connectivity index (χ1v) is 36.5. The Kier molecular flexibility index (Phi) is 49.6. The van der Waals surface area contributed by atoms with Gasteiger partial charge in [-0.05, 0) is 70.6 Å². The minimum atomic E-state index is -1.98. The fourth-order valence-corrected chi connectivity index (χ4v) is 12.1. The molecule has 3 aliphatic heterocycles. The molecule has 19 nitrogen and oxygen atoms in total. The van der Waals surface area contributed by atoms with E-state index in [0.717, 1.165) is 70.6 Å². The second kappa shape index (κ2) is 54.5. The lowest BCUT2D eigenvalue weighted by Crippen LogP contribution is -2.66. The number of allylic oxidation sites excluding steroid dienone is 9. The van der Waals surface area contributed by atoms with E-state index >= 15 is 0 Å². The number of ether oxygens (including phenoxy) is 6. The summed E-state index contributed by atoms with van der Waals surface area (Å²) in [5.74, 6) is -0.297. The largest absolute Gasteiger partial charge is 0.394 e. The van der Waals surface area contributed by atoms with Crippen LogP contribution in [0, 0.1) is 0 Å². The topological polar surface area (TPSA) is 307 Å². The van der Waals surface area contributed by atoms with Crippen LogP contribution in [0.5, 0.6) is 0 Å². The molecule has 0 aromatic carbocycles. The minimum Gasteiger partial charge on any atom is -0.394 e. The number of carbonyl (C=O) groups excluding carboxylic acids is 1. The maximum Gasteiger partial charge on any atom is 0.220 e. The normalized spacial score (nSPS) is 28.0. The Labute approximate surface area is 554 Å². The van der Waals surface area contributed by atoms with Gasteiger partial charge in [0, 0.05) is 6.42 Å². The SMILES string of the molecule is CCCCCCC/C=C\C/C=C\C/C=C\CCCCCCCCC(=O)NC(COC1OC(CO)C(OC2OC(CO)C(OC3OC(CO)C(O)C(O)C3O)C(O)C2O)C(O)C1O)C(O)/C=C/CC/C=C/CCCCCCCCCCCCCCCCCCCCCC. The zero-order valence-electron chi connectivity index (χ0n) is 56.8. The monoisotopic (exact) mass is 1310 g/mol. The van der Waals surface area contributed by atoms with E-state index in [2.05, 4.69) is 67.8 Å². The highest BCUT2D eigenvalue weighted by Crippen LogP contribution is 2.33. The maximum absolute atomic E-state index is 13.4. The van der Waals surface area contributed by atoms with Gasteiger partial charge in [-0.1, -0.05) is 248 Å². The zero-order chi connectivity index (χ0) is 66.8. The first-order valence-electron chi connectivity index (χ1n) is 36.5. The smallest absolute Gasteiger partial charge is 0.220 e. The molecular formula is C73H131NO18. The molecule has 3 rings (SSSR count). The highest BCUT2D eigenvalue weighted by Gasteiger charge is 2.53. The van der Waals surface area contributed by atoms with Crippen molar-refractivity contribution in [3.63, 3.8) is 0 Å². The molecule has 0 saturated carbocycles. The second-order valence-electron chi connectivity index (χ2n) is 26.0. The van der Waals surface area contributed by atoms with Gasteiger partial charge in [0.2, 0.25) is 5.91 Å². The molecule has 17 unspecified atom stereocenters. The van der Waals surface area contributed by atoms with Crippen LogP contribution >= 0.6 is 0 Å². The van der Waals surface area contributed by atoms with Crippen molar-refractivity contribution >= 4 is 5.91 Å². The second-order valence-corrected chi connectivity index (χ2v) is 26.0. The molecule has 92 heavy (non-hydrogen) atoms. The molecule has 19 heteroatoms. The van der Waals surface area contributed by atoms with E-state index in [1.165, 1.54) is 161 Å². The standard InChI is InChI=1S/C73H131NO18/c1-3-5-7-9-11-13-15-17-19-21-23-25-26-27-28-29-31-32-34-36-38-40-42-44-46-48-50-57(78)56(74-61(79)51-49-47-45-43-41-39-37-35-33-30-24-22-20-18-16-14-12-10-8-6-4-2)55-87-71-67(85)64(82)69(59(53-76)89-71)92-73-68(86)65(83)70(60(54-77)90-73)91-72-66(84)63(81)62(80)58(52-75)88-72/h16,18,22,24,33,35,40,42,48,50,56-60,62-73,75-78,80-86H,3-15,17,19-21,23,25-32,34,36-39,41,43-47,49,51-55H2,1-2H3,(H,74,79)/b18-16-,24-22-,35-33-,42-40+,50-48+. The number of amides is 1. The van der Waals surface area contributed by atoms with Crippen molar-refractivity contribution in [3.05, 3.63) is 60.8 Å². The van der Waals surface area contributed by atoms with E-state index in [1.807, 2.05) is 6.08 Å². The Morgan fingerprint density at radius 2 is 0.728 bits per heavy atom. The number of unbranched alkanes of at least 4 members (excludes halogenated alkanes) is 32. The van der Waals surface area contributed by atoms with Crippen molar-refractivity contribution in [1.82, 2.24) is 5.32 Å². The summed E-state index contributed by atoms with van der Waals surface area (Å²) in [4.78, 5) is 13.4. The summed E-state index contributed by atoms with van der Waals surface area (Å²) < 4.78 is 34.4. The fourth-order valence-electron chi connectivity index (χ4n) is 12.1. The average Bonchev–Trinajstić information content (AvgIpc) is 0.838. The molecule has 3 heterocycles. The molecule has 3 aliphatic rings. The molecule has 12 N–H and O–H groups in total. The van der Waals surface area contributed by atoms with Gasteiger partial charge in [-0.3, -0.25) is 4.79 Å². The van der Waals surface area contributed by atoms with Crippen LogP contribution in [-0.4, -0.2) is 193 Å². The Balaban J connectivity index is 1.44. The van der Waals surface area contributed by atoms with Crippen molar-refractivity contribution in [2.45, 2.75) is 369 Å². The van der Waals surface area contributed by atoms with E-state index < -0.39 is 124 Å². The van der Waals surface area contributed by atoms with Gasteiger partial charge in [0.25, 0.3) is 0 Å². The summed E-state index contributed by atoms with van der Waals surface area (Å²) in [5, 5.41) is 121. The molecule has 536 valence electrons. The highest BCUT2D eigenvalue weighted by atomic mass is 16.8. The maximum atomic E-state index is 13.4. The molecule has 0 aromatic heterocycles. The lowest BCUT2D eigenvalue weighted by Gasteiger charge is -2.48. The molecule has 0 radical (unpaired) electrons. The Hall–Kier alpha value is -2.51. The van der Waals surface area contributed by atoms with Gasteiger partial charge in [0.05, 0.1) is 38.6 Å². The predicted molar refractivity (Wildman–Crippen MR) is 360 cm³/mol. The molecule has 1 amide bonds. The van der Waals surface area contributed by atoms with Crippen LogP contribution in [-0.2, 0) is 33.2 Å². The molecule has 3 saturated heterocycles. The molecular weight excluding hydrogens is 1180 g/mol. The minimum absolute atomic E-state index is 0.219. The zero-order valence-corrected chi connectivity index (χ0v) is 56.8. The average molecular weight is 1310 g/mol. The lowest BCUT2D eigenvalue weighted by atomic mass is 9.96. The van der Waals surface area contributed by atoms with E-state index in [4.69, 9.17) is 28.4 Å². The van der Waals surface area contributed by atoms with Crippen LogP contribution in [0.1, 0.15) is 264 Å². The fraction of sp³-hybridized carbons (Fsp3) is 0.849. The summed E-state index contributed by atoms with van der Waals surface area (Å²) in [5.41, 5.74) is 0. The Morgan fingerprint density at radius 3 is 1.16 bits per heavy atom. The van der Waals surface area contributed by atoms with Gasteiger partial charge in [-0.15, -0.1) is 0 Å². The van der Waals surface area contributed by atoms with E-state index in [9.17, 15) is 61.0 Å². The van der Waals surface area contributed by atoms with Crippen molar-refractivity contribution in [3.8, 4) is 0 Å². The highest BCUT2D eigenvalue weighted by molar-refractivity contribution is 5.76. The van der Waals surface area contributed by atoms with Crippen molar-refractivity contribution in [2.75, 3.05) is 26.4 Å². The quantitative estimate of drug-likeness (QED) is 0.0199. The first-order chi connectivity index (χ1) is 44.8. The molecule has 0 bridgehead atoms. The van der Waals surface area contributed by atoms with Crippen LogP contribution in [0.25, 0.3) is 0 Å². The van der Waals surface area contributed by atoms with Gasteiger partial charge in [0.15, 0.2) is 18.9 Å². The first kappa shape index (κ1) is 83.7. The number of nitrogens with one attached hydrogen (secondary N) is 1. The number of hydrogen-bond acceptors (Lipinski definition) is 18. The molecule has 17 atom stereocenters. The Morgan fingerprint density at radius 1 is 0.391 bits per heavy atom. The lowest BCUT2D eigenvalue weighted by molar-refractivity contribution is -0.379. The summed E-state index contributed by atoms with van der Waals surface area (Å²) in [6.45, 7) is 1.71. The summed E-state index contributed by atoms with van der Waals surface area (Å²) in [6.07, 6.45) is 40.5. The van der Waals surface area contributed by atoms with Crippen LogP contribution < -0.4 is 5.32 Å². The van der Waals surface area contributed by atoms with Crippen LogP contribution in [0.3, 0.4) is 0 Å². The van der Waals surface area contributed by atoms with E-state index in [0.29, 0.717) is 12.8 Å². The third-order valence-corrected chi connectivity index (χ3v) is 18.0. The summed E-state index contributed by atoms with van der Waals surface area (Å²) >= 11 is 0. The van der Waals surface area contributed by atoms with E-state index in [1.54, 1.807) is 6.08 Å². The van der Waals surface area contributed by atoms with Crippen LogP contribution in [0.2, 0.25) is 0 Å². The van der Waals surface area contributed by atoms with E-state index in [-0.39, 0.29) is 18.9 Å². The molecule has 0 spiro atoms. The summed E-state index contributed by atoms with van der Waals surface area (Å²) in [6, 6.07) is -1.00. The Bertz CT molecular complexity index is 1900. The van der Waals surface area contributed by atoms with Crippen molar-refractivity contribution in [2.24, 2.45) is 0 Å². The number of aliphatic hydroxyl groups is 11. The molecule has 0 aliphatic carbocycles. The number of rotatable bonds is 56. The number of carbonyl (C=O) groups is 1. The summed E-state index contributed by atoms with van der Waals surface area (Å²) in [7, 11) is 0. The van der Waals surface area contributed by atoms with Gasteiger partial charge < -0.3 is 89.9 Å². The third kappa shape index (κ3) is 35.7. The predicted octanol–water partition coefficient (Wildman–Crippen LogP) is 10.3. The van der Waals surface area contributed by atoms with Gasteiger partial charge >= 0.3 is 0 Å². The van der Waals surface area contributed by atoms with Gasteiger partial charge in [0.1, 0.15) is 73.2 Å². The number of hydrogen-bond donors (Lipinski definition) is 12. The van der Waals surface area contributed by atoms with Crippen LogP contribution in [0.4, 0.5) is 0 Å².